The first kappa shape index (κ1) is 11.1. The molecule has 0 unspecified atom stereocenters. The Hall–Kier alpha value is -1.01. The second-order valence-electron chi connectivity index (χ2n) is 3.24. The van der Waals surface area contributed by atoms with Gasteiger partial charge in [0, 0.05) is 18.7 Å². The van der Waals surface area contributed by atoms with Gasteiger partial charge < -0.3 is 20.5 Å². The van der Waals surface area contributed by atoms with Crippen LogP contribution in [0.3, 0.4) is 0 Å². The lowest BCUT2D eigenvalue weighted by Gasteiger charge is -2.11. The Labute approximate surface area is 83.4 Å². The summed E-state index contributed by atoms with van der Waals surface area (Å²) >= 11 is 0. The van der Waals surface area contributed by atoms with E-state index >= 15 is 0 Å². The minimum absolute atomic E-state index is 0.0208. The number of hydrogen-bond donors (Lipinski definition) is 3. The minimum atomic E-state index is -1.63. The summed E-state index contributed by atoms with van der Waals surface area (Å²) in [5.74, 6) is 0.318. The van der Waals surface area contributed by atoms with Gasteiger partial charge in [-0.3, -0.25) is 4.99 Å². The number of allylic oxidation sites excluding steroid dienone is 1. The van der Waals surface area contributed by atoms with E-state index in [0.29, 0.717) is 11.6 Å². The van der Waals surface area contributed by atoms with E-state index < -0.39 is 7.12 Å². The van der Waals surface area contributed by atoms with E-state index in [1.54, 1.807) is 7.05 Å². The molecule has 0 aromatic carbocycles. The van der Waals surface area contributed by atoms with E-state index in [1.807, 2.05) is 0 Å². The van der Waals surface area contributed by atoms with Crippen molar-refractivity contribution < 1.29 is 14.8 Å². The van der Waals surface area contributed by atoms with Crippen LogP contribution in [0, 0.1) is 5.92 Å². The van der Waals surface area contributed by atoms with Gasteiger partial charge in [0.1, 0.15) is 0 Å². The van der Waals surface area contributed by atoms with Crippen LogP contribution in [-0.4, -0.2) is 37.0 Å². The summed E-state index contributed by atoms with van der Waals surface area (Å²) in [4.78, 5) is 4.02. The van der Waals surface area contributed by atoms with Crippen LogP contribution in [0.25, 0.3) is 0 Å². The molecule has 0 atom stereocenters. The summed E-state index contributed by atoms with van der Waals surface area (Å²) in [6.07, 6.45) is 2.03. The quantitative estimate of drug-likeness (QED) is 0.316. The van der Waals surface area contributed by atoms with Crippen LogP contribution in [0.4, 0.5) is 0 Å². The van der Waals surface area contributed by atoms with Crippen molar-refractivity contribution in [2.75, 3.05) is 14.2 Å². The minimum Gasteiger partial charge on any atom is -0.483 e. The lowest BCUT2D eigenvalue weighted by atomic mass is 9.75. The number of aliphatic imine (C=N–C) groups is 1. The highest BCUT2D eigenvalue weighted by Gasteiger charge is 2.35. The Morgan fingerprint density at radius 1 is 1.50 bits per heavy atom. The maximum Gasteiger partial charge on any atom is 0.495 e. The summed E-state index contributed by atoms with van der Waals surface area (Å²) in [6, 6.07) is 0. The molecule has 5 nitrogen and oxygen atoms in total. The van der Waals surface area contributed by atoms with Crippen molar-refractivity contribution in [2.45, 2.75) is 12.8 Å². The first-order valence-corrected chi connectivity index (χ1v) is 4.48. The summed E-state index contributed by atoms with van der Waals surface area (Å²) in [5, 5.41) is 18.3. The first-order valence-electron chi connectivity index (χ1n) is 4.48. The molecule has 0 radical (unpaired) electrons. The third-order valence-corrected chi connectivity index (χ3v) is 2.22. The van der Waals surface area contributed by atoms with Crippen LogP contribution in [0.5, 0.6) is 0 Å². The van der Waals surface area contributed by atoms with Gasteiger partial charge in [-0.25, -0.2) is 0 Å². The molecule has 0 saturated heterocycles. The molecule has 1 aliphatic carbocycles. The van der Waals surface area contributed by atoms with Crippen LogP contribution < -0.4 is 5.73 Å². The van der Waals surface area contributed by atoms with Crippen LogP contribution in [0.2, 0.25) is 0 Å². The van der Waals surface area contributed by atoms with Crippen molar-refractivity contribution in [1.82, 2.24) is 0 Å². The molecule has 1 saturated carbocycles. The number of ether oxygens (including phenoxy) is 1. The molecule has 0 spiro atoms. The number of nitrogens with zero attached hydrogens (tertiary/aromatic N) is 1. The fourth-order valence-corrected chi connectivity index (χ4v) is 1.38. The summed E-state index contributed by atoms with van der Waals surface area (Å²) < 4.78 is 4.79. The normalized spacial score (nSPS) is 19.0. The van der Waals surface area contributed by atoms with Crippen molar-refractivity contribution in [2.24, 2.45) is 16.6 Å². The van der Waals surface area contributed by atoms with Gasteiger partial charge in [0.25, 0.3) is 0 Å². The number of nitrogens with two attached hydrogens (primary N) is 1. The fourth-order valence-electron chi connectivity index (χ4n) is 1.38. The molecule has 0 amide bonds. The Balaban J connectivity index is 2.97. The highest BCUT2D eigenvalue weighted by molar-refractivity contribution is 6.59. The molecule has 0 bridgehead atoms. The van der Waals surface area contributed by atoms with E-state index in [2.05, 4.69) is 4.99 Å². The molecule has 0 aromatic heterocycles. The molecule has 1 aliphatic rings. The van der Waals surface area contributed by atoms with Gasteiger partial charge in [-0.2, -0.15) is 0 Å². The van der Waals surface area contributed by atoms with Crippen molar-refractivity contribution >= 4 is 12.8 Å². The predicted octanol–water partition coefficient (Wildman–Crippen LogP) is -0.704. The highest BCUT2D eigenvalue weighted by Crippen LogP contribution is 2.33. The SMILES string of the molecule is CN=C(C(B(O)O)=C(N)OC)C1CC1. The van der Waals surface area contributed by atoms with Gasteiger partial charge in [-0.15, -0.1) is 0 Å². The van der Waals surface area contributed by atoms with E-state index in [1.165, 1.54) is 7.11 Å². The topological polar surface area (TPSA) is 88.1 Å². The fraction of sp³-hybridized carbons (Fsp3) is 0.625. The number of rotatable bonds is 4. The molecule has 78 valence electrons. The van der Waals surface area contributed by atoms with Gasteiger partial charge in [-0.05, 0) is 12.8 Å². The van der Waals surface area contributed by atoms with E-state index in [0.717, 1.165) is 12.8 Å². The molecule has 6 heteroatoms. The Morgan fingerprint density at radius 2 is 2.07 bits per heavy atom. The number of methoxy groups -OCH3 is 1. The molecule has 4 N–H and O–H groups in total. The standard InChI is InChI=1S/C8H15BN2O3/c1-11-7(5-3-4-5)6(9(12)13)8(10)14-2/h5,12-13H,3-4,10H2,1-2H3. The van der Waals surface area contributed by atoms with Crippen LogP contribution >= 0.6 is 0 Å². The van der Waals surface area contributed by atoms with Crippen molar-refractivity contribution in [3.63, 3.8) is 0 Å². The first-order chi connectivity index (χ1) is 6.61. The van der Waals surface area contributed by atoms with Crippen molar-refractivity contribution in [3.8, 4) is 0 Å². The molecule has 1 fully saturated rings. The zero-order valence-corrected chi connectivity index (χ0v) is 8.40. The van der Waals surface area contributed by atoms with Gasteiger partial charge in [0.05, 0.1) is 12.6 Å². The molecule has 14 heavy (non-hydrogen) atoms. The molecular weight excluding hydrogens is 183 g/mol. The van der Waals surface area contributed by atoms with Gasteiger partial charge in [0.15, 0.2) is 5.88 Å². The second kappa shape index (κ2) is 4.48. The van der Waals surface area contributed by atoms with Crippen LogP contribution in [0.15, 0.2) is 16.3 Å². The zero-order chi connectivity index (χ0) is 10.7. The lowest BCUT2D eigenvalue weighted by Crippen LogP contribution is -2.28. The van der Waals surface area contributed by atoms with E-state index in [4.69, 9.17) is 20.5 Å². The largest absolute Gasteiger partial charge is 0.495 e. The van der Waals surface area contributed by atoms with Gasteiger partial charge >= 0.3 is 7.12 Å². The maximum absolute atomic E-state index is 9.15. The van der Waals surface area contributed by atoms with E-state index in [-0.39, 0.29) is 11.4 Å². The van der Waals surface area contributed by atoms with Crippen molar-refractivity contribution in [3.05, 3.63) is 11.4 Å². The monoisotopic (exact) mass is 198 g/mol. The lowest BCUT2D eigenvalue weighted by molar-refractivity contribution is 0.284. The van der Waals surface area contributed by atoms with Gasteiger partial charge in [0.2, 0.25) is 0 Å². The summed E-state index contributed by atoms with van der Waals surface area (Å²) in [6.45, 7) is 0. The van der Waals surface area contributed by atoms with Crippen LogP contribution in [0.1, 0.15) is 12.8 Å². The average molecular weight is 198 g/mol. The average Bonchev–Trinajstić information content (AvgIpc) is 2.95. The molecular formula is C8H15BN2O3. The zero-order valence-electron chi connectivity index (χ0n) is 8.40. The Bertz CT molecular complexity index is 272. The maximum atomic E-state index is 9.15. The highest BCUT2D eigenvalue weighted by atomic mass is 16.5. The van der Waals surface area contributed by atoms with Crippen LogP contribution in [-0.2, 0) is 4.74 Å². The molecule has 0 aromatic rings. The summed E-state index contributed by atoms with van der Waals surface area (Å²) in [5.41, 5.74) is 6.35. The number of hydrogen-bond acceptors (Lipinski definition) is 5. The van der Waals surface area contributed by atoms with E-state index in [9.17, 15) is 0 Å². The molecule has 1 rings (SSSR count). The third kappa shape index (κ3) is 2.27. The Morgan fingerprint density at radius 3 is 2.36 bits per heavy atom. The second-order valence-corrected chi connectivity index (χ2v) is 3.24. The predicted molar refractivity (Wildman–Crippen MR) is 54.5 cm³/mol. The van der Waals surface area contributed by atoms with Gasteiger partial charge in [-0.1, -0.05) is 0 Å². The summed E-state index contributed by atoms with van der Waals surface area (Å²) in [7, 11) is 1.37. The smallest absolute Gasteiger partial charge is 0.483 e. The molecule has 0 aliphatic heterocycles. The van der Waals surface area contributed by atoms with Crippen molar-refractivity contribution in [1.29, 1.82) is 0 Å². The third-order valence-electron chi connectivity index (χ3n) is 2.22. The molecule has 0 heterocycles. The Kier molecular flexibility index (Phi) is 3.54.